The number of carbonyl (C=O) groups is 1. The van der Waals surface area contributed by atoms with Crippen molar-refractivity contribution in [1.29, 1.82) is 5.26 Å². The summed E-state index contributed by atoms with van der Waals surface area (Å²) < 4.78 is 42.8. The monoisotopic (exact) mass is 465 g/mol. The van der Waals surface area contributed by atoms with Gasteiger partial charge in [-0.05, 0) is 74.9 Å². The fraction of sp³-hybridized carbons (Fsp3) is 0.231. The molecule has 1 atom stereocenters. The molecule has 4 rings (SSSR count). The number of carbonyl (C=O) groups excluding carboxylic acids is 1. The highest BCUT2D eigenvalue weighted by Gasteiger charge is 2.53. The molecule has 1 fully saturated rings. The molecule has 0 saturated carbocycles. The molecule has 2 amide bonds. The first-order valence-corrected chi connectivity index (χ1v) is 10.6. The van der Waals surface area contributed by atoms with Gasteiger partial charge in [0.1, 0.15) is 5.75 Å². The first-order valence-electron chi connectivity index (χ1n) is 10.6. The third-order valence-electron chi connectivity index (χ3n) is 5.88. The van der Waals surface area contributed by atoms with Gasteiger partial charge < -0.3 is 4.74 Å². The molecule has 174 valence electrons. The van der Waals surface area contributed by atoms with Gasteiger partial charge in [0.05, 0.1) is 23.2 Å². The second kappa shape index (κ2) is 8.41. The van der Waals surface area contributed by atoms with Crippen LogP contribution < -0.4 is 14.5 Å². The Labute approximate surface area is 195 Å². The average molecular weight is 465 g/mol. The van der Waals surface area contributed by atoms with Gasteiger partial charge in [-0.3, -0.25) is 9.80 Å². The van der Waals surface area contributed by atoms with Crippen molar-refractivity contribution in [2.75, 3.05) is 9.80 Å². The molecule has 1 heterocycles. The van der Waals surface area contributed by atoms with E-state index in [4.69, 9.17) is 5.26 Å². The number of hydrogen-bond donors (Lipinski definition) is 0. The maximum atomic E-state index is 13.8. The van der Waals surface area contributed by atoms with Gasteiger partial charge >= 0.3 is 12.4 Å². The van der Waals surface area contributed by atoms with Gasteiger partial charge in [-0.2, -0.15) is 5.26 Å². The number of alkyl halides is 3. The summed E-state index contributed by atoms with van der Waals surface area (Å²) in [7, 11) is 0. The second-order valence-electron chi connectivity index (χ2n) is 8.66. The SMILES string of the molecule is Cc1ccc(N2C(=O)N(c3ccc(C#N)cc3)C(c3cccc(OC(F)(F)F)c3)C2(C)C)cc1. The van der Waals surface area contributed by atoms with E-state index in [-0.39, 0.29) is 11.8 Å². The minimum Gasteiger partial charge on any atom is -0.406 e. The third kappa shape index (κ3) is 4.29. The first kappa shape index (κ1) is 23.2. The van der Waals surface area contributed by atoms with E-state index < -0.39 is 17.9 Å². The Kier molecular flexibility index (Phi) is 5.74. The van der Waals surface area contributed by atoms with Crippen molar-refractivity contribution >= 4 is 17.4 Å². The molecule has 8 heteroatoms. The Bertz CT molecular complexity index is 1250. The number of nitrogens with zero attached hydrogens (tertiary/aromatic N) is 3. The number of rotatable bonds is 4. The number of halogens is 3. The Morgan fingerprint density at radius 3 is 2.18 bits per heavy atom. The molecule has 34 heavy (non-hydrogen) atoms. The molecule has 0 radical (unpaired) electrons. The predicted octanol–water partition coefficient (Wildman–Crippen LogP) is 6.73. The second-order valence-corrected chi connectivity index (χ2v) is 8.66. The zero-order valence-electron chi connectivity index (χ0n) is 18.8. The minimum absolute atomic E-state index is 0.328. The van der Waals surface area contributed by atoms with Crippen molar-refractivity contribution in [2.24, 2.45) is 0 Å². The molecular weight excluding hydrogens is 443 g/mol. The van der Waals surface area contributed by atoms with Gasteiger partial charge in [0.15, 0.2) is 0 Å². The van der Waals surface area contributed by atoms with E-state index in [0.29, 0.717) is 22.5 Å². The number of amides is 2. The topological polar surface area (TPSA) is 56.6 Å². The molecule has 0 N–H and O–H groups in total. The summed E-state index contributed by atoms with van der Waals surface area (Å²) in [6, 6.07) is 20.8. The molecule has 0 aliphatic carbocycles. The fourth-order valence-corrected chi connectivity index (χ4v) is 4.43. The number of ether oxygens (including phenoxy) is 1. The fourth-order valence-electron chi connectivity index (χ4n) is 4.43. The molecule has 0 spiro atoms. The van der Waals surface area contributed by atoms with E-state index >= 15 is 0 Å². The Balaban J connectivity index is 1.86. The lowest BCUT2D eigenvalue weighted by Crippen LogP contribution is -2.43. The van der Waals surface area contributed by atoms with Crippen molar-refractivity contribution in [2.45, 2.75) is 38.7 Å². The number of hydrogen-bond acceptors (Lipinski definition) is 3. The van der Waals surface area contributed by atoms with E-state index in [1.165, 1.54) is 18.2 Å². The quantitative estimate of drug-likeness (QED) is 0.429. The summed E-state index contributed by atoms with van der Waals surface area (Å²) in [5, 5.41) is 9.15. The van der Waals surface area contributed by atoms with E-state index in [1.54, 1.807) is 40.1 Å². The highest BCUT2D eigenvalue weighted by Crippen LogP contribution is 2.48. The van der Waals surface area contributed by atoms with Crippen LogP contribution in [0.2, 0.25) is 0 Å². The lowest BCUT2D eigenvalue weighted by molar-refractivity contribution is -0.274. The smallest absolute Gasteiger partial charge is 0.406 e. The lowest BCUT2D eigenvalue weighted by Gasteiger charge is -2.35. The molecule has 3 aromatic carbocycles. The summed E-state index contributed by atoms with van der Waals surface area (Å²) >= 11 is 0. The van der Waals surface area contributed by atoms with Crippen LogP contribution in [0.1, 0.15) is 36.6 Å². The summed E-state index contributed by atoms with van der Waals surface area (Å²) in [6.07, 6.45) is -4.83. The Morgan fingerprint density at radius 1 is 0.971 bits per heavy atom. The maximum absolute atomic E-state index is 13.8. The zero-order chi connectivity index (χ0) is 24.7. The van der Waals surface area contributed by atoms with Crippen molar-refractivity contribution < 1.29 is 22.7 Å². The highest BCUT2D eigenvalue weighted by molar-refractivity contribution is 6.08. The van der Waals surface area contributed by atoms with Crippen molar-refractivity contribution in [3.05, 3.63) is 89.5 Å². The highest BCUT2D eigenvalue weighted by atomic mass is 19.4. The van der Waals surface area contributed by atoms with Crippen LogP contribution in [0.4, 0.5) is 29.3 Å². The molecular formula is C26H22F3N3O2. The van der Waals surface area contributed by atoms with E-state index in [9.17, 15) is 18.0 Å². The van der Waals surface area contributed by atoms with E-state index in [2.05, 4.69) is 4.74 Å². The van der Waals surface area contributed by atoms with Crippen LogP contribution in [0.25, 0.3) is 0 Å². The van der Waals surface area contributed by atoms with Gasteiger partial charge in [-0.25, -0.2) is 4.79 Å². The number of urea groups is 1. The van der Waals surface area contributed by atoms with E-state index in [0.717, 1.165) is 5.56 Å². The molecule has 0 bridgehead atoms. The molecule has 1 aliphatic heterocycles. The largest absolute Gasteiger partial charge is 0.573 e. The van der Waals surface area contributed by atoms with Crippen LogP contribution in [0, 0.1) is 18.3 Å². The summed E-state index contributed by atoms with van der Waals surface area (Å²) in [6.45, 7) is 5.69. The van der Waals surface area contributed by atoms with Crippen LogP contribution in [0.3, 0.4) is 0 Å². The van der Waals surface area contributed by atoms with Gasteiger partial charge in [-0.15, -0.1) is 13.2 Å². The lowest BCUT2D eigenvalue weighted by atomic mass is 9.87. The van der Waals surface area contributed by atoms with Crippen molar-refractivity contribution in [3.8, 4) is 11.8 Å². The molecule has 1 aliphatic rings. The molecule has 1 saturated heterocycles. The van der Waals surface area contributed by atoms with Gasteiger partial charge in [0.25, 0.3) is 0 Å². The van der Waals surface area contributed by atoms with Crippen molar-refractivity contribution in [3.63, 3.8) is 0 Å². The molecule has 1 unspecified atom stereocenters. The minimum atomic E-state index is -4.83. The Hall–Kier alpha value is -3.99. The zero-order valence-corrected chi connectivity index (χ0v) is 18.8. The summed E-state index contributed by atoms with van der Waals surface area (Å²) in [4.78, 5) is 17.0. The van der Waals surface area contributed by atoms with Crippen LogP contribution >= 0.6 is 0 Å². The maximum Gasteiger partial charge on any atom is 0.573 e. The number of nitriles is 1. The molecule has 3 aromatic rings. The third-order valence-corrected chi connectivity index (χ3v) is 5.88. The first-order chi connectivity index (χ1) is 16.0. The van der Waals surface area contributed by atoms with E-state index in [1.807, 2.05) is 51.1 Å². The van der Waals surface area contributed by atoms with Gasteiger partial charge in [0, 0.05) is 11.4 Å². The van der Waals surface area contributed by atoms with Crippen LogP contribution in [-0.2, 0) is 0 Å². The Morgan fingerprint density at radius 2 is 1.59 bits per heavy atom. The van der Waals surface area contributed by atoms with Gasteiger partial charge in [0.2, 0.25) is 0 Å². The summed E-state index contributed by atoms with van der Waals surface area (Å²) in [5.74, 6) is -0.359. The van der Waals surface area contributed by atoms with Crippen molar-refractivity contribution in [1.82, 2.24) is 0 Å². The normalized spacial score (nSPS) is 17.6. The number of benzene rings is 3. The average Bonchev–Trinajstić information content (AvgIpc) is 2.98. The number of anilines is 2. The van der Waals surface area contributed by atoms with Crippen LogP contribution in [0.15, 0.2) is 72.8 Å². The molecule has 5 nitrogen and oxygen atoms in total. The summed E-state index contributed by atoms with van der Waals surface area (Å²) in [5.41, 5.74) is 2.30. The van der Waals surface area contributed by atoms with Gasteiger partial charge in [-0.1, -0.05) is 29.8 Å². The standard InChI is InChI=1S/C26H22F3N3O2/c1-17-7-11-21(12-8-17)32-24(33)31(20-13-9-18(16-30)10-14-20)23(25(32,2)3)19-5-4-6-22(15-19)34-26(27,28)29/h4-15,23H,1-3H3. The number of aryl methyl sites for hydroxylation is 1. The van der Waals surface area contributed by atoms with Crippen LogP contribution in [-0.4, -0.2) is 17.9 Å². The van der Waals surface area contributed by atoms with Crippen LogP contribution in [0.5, 0.6) is 5.75 Å². The molecule has 0 aromatic heterocycles. The predicted molar refractivity (Wildman–Crippen MR) is 123 cm³/mol.